The SMILES string of the molecule is CCN(CC)CCn1c(C)c(CC(=O)O)c(C)nc1=O. The molecule has 1 N–H and O–H groups in total. The molecule has 0 amide bonds. The first-order chi connectivity index (χ1) is 9.40. The highest BCUT2D eigenvalue weighted by atomic mass is 16.4. The predicted octanol–water partition coefficient (Wildman–Crippen LogP) is 0.829. The number of carbonyl (C=O) groups is 1. The van der Waals surface area contributed by atoms with E-state index < -0.39 is 5.97 Å². The van der Waals surface area contributed by atoms with Gasteiger partial charge in [0.2, 0.25) is 0 Å². The number of hydrogen-bond donors (Lipinski definition) is 1. The van der Waals surface area contributed by atoms with Crippen molar-refractivity contribution in [3.63, 3.8) is 0 Å². The maximum atomic E-state index is 12.0. The van der Waals surface area contributed by atoms with Crippen LogP contribution in [0.4, 0.5) is 0 Å². The molecule has 1 aromatic rings. The normalized spacial score (nSPS) is 11.1. The second kappa shape index (κ2) is 7.19. The summed E-state index contributed by atoms with van der Waals surface area (Å²) in [6.45, 7) is 10.7. The topological polar surface area (TPSA) is 75.4 Å². The second-order valence-corrected chi connectivity index (χ2v) is 4.79. The summed E-state index contributed by atoms with van der Waals surface area (Å²) in [6, 6.07) is 0. The lowest BCUT2D eigenvalue weighted by molar-refractivity contribution is -0.136. The van der Waals surface area contributed by atoms with Gasteiger partial charge in [0, 0.05) is 30.0 Å². The molecule has 20 heavy (non-hydrogen) atoms. The van der Waals surface area contributed by atoms with Crippen molar-refractivity contribution in [2.24, 2.45) is 0 Å². The van der Waals surface area contributed by atoms with Crippen molar-refractivity contribution in [2.75, 3.05) is 19.6 Å². The van der Waals surface area contributed by atoms with Crippen LogP contribution in [0.25, 0.3) is 0 Å². The third kappa shape index (κ3) is 3.90. The van der Waals surface area contributed by atoms with Crippen molar-refractivity contribution in [3.8, 4) is 0 Å². The quantitative estimate of drug-likeness (QED) is 0.801. The van der Waals surface area contributed by atoms with Gasteiger partial charge < -0.3 is 10.0 Å². The Hall–Kier alpha value is -1.69. The van der Waals surface area contributed by atoms with E-state index in [9.17, 15) is 9.59 Å². The van der Waals surface area contributed by atoms with Gasteiger partial charge in [0.25, 0.3) is 0 Å². The van der Waals surface area contributed by atoms with Crippen LogP contribution in [-0.2, 0) is 17.8 Å². The molecule has 0 bridgehead atoms. The molecule has 0 atom stereocenters. The van der Waals surface area contributed by atoms with Crippen LogP contribution >= 0.6 is 0 Å². The van der Waals surface area contributed by atoms with Crippen LogP contribution in [0.5, 0.6) is 0 Å². The molecule has 1 aromatic heterocycles. The summed E-state index contributed by atoms with van der Waals surface area (Å²) >= 11 is 0. The first kappa shape index (κ1) is 16.4. The van der Waals surface area contributed by atoms with Gasteiger partial charge in [-0.3, -0.25) is 9.36 Å². The summed E-state index contributed by atoms with van der Waals surface area (Å²) in [5, 5.41) is 8.95. The van der Waals surface area contributed by atoms with Gasteiger partial charge in [0.15, 0.2) is 0 Å². The highest BCUT2D eigenvalue weighted by Gasteiger charge is 2.14. The summed E-state index contributed by atoms with van der Waals surface area (Å²) in [5.41, 5.74) is 1.55. The van der Waals surface area contributed by atoms with Gasteiger partial charge >= 0.3 is 11.7 Å². The Bertz CT molecular complexity index is 533. The molecule has 112 valence electrons. The Morgan fingerprint density at radius 2 is 1.90 bits per heavy atom. The van der Waals surface area contributed by atoms with E-state index in [0.717, 1.165) is 19.6 Å². The van der Waals surface area contributed by atoms with Gasteiger partial charge in [-0.2, -0.15) is 4.98 Å². The van der Waals surface area contributed by atoms with Crippen LogP contribution in [0.3, 0.4) is 0 Å². The van der Waals surface area contributed by atoms with Crippen molar-refractivity contribution in [2.45, 2.75) is 40.7 Å². The summed E-state index contributed by atoms with van der Waals surface area (Å²) < 4.78 is 1.57. The number of aryl methyl sites for hydroxylation is 1. The van der Waals surface area contributed by atoms with Crippen molar-refractivity contribution in [1.29, 1.82) is 0 Å². The summed E-state index contributed by atoms with van der Waals surface area (Å²) in [7, 11) is 0. The van der Waals surface area contributed by atoms with Crippen molar-refractivity contribution in [3.05, 3.63) is 27.4 Å². The third-order valence-corrected chi connectivity index (χ3v) is 3.63. The van der Waals surface area contributed by atoms with Crippen molar-refractivity contribution >= 4 is 5.97 Å². The standard InChI is InChI=1S/C14H23N3O3/c1-5-16(6-2)7-8-17-11(4)12(9-13(18)19)10(3)15-14(17)20/h5-9H2,1-4H3,(H,18,19). The fourth-order valence-electron chi connectivity index (χ4n) is 2.29. The van der Waals surface area contributed by atoms with E-state index in [4.69, 9.17) is 5.11 Å². The minimum absolute atomic E-state index is 0.101. The van der Waals surface area contributed by atoms with Crippen LogP contribution < -0.4 is 5.69 Å². The molecule has 0 aliphatic heterocycles. The van der Waals surface area contributed by atoms with Gasteiger partial charge in [-0.25, -0.2) is 4.79 Å². The maximum absolute atomic E-state index is 12.0. The van der Waals surface area contributed by atoms with Crippen LogP contribution in [0.2, 0.25) is 0 Å². The largest absolute Gasteiger partial charge is 0.481 e. The molecule has 0 radical (unpaired) electrons. The minimum Gasteiger partial charge on any atom is -0.481 e. The molecular weight excluding hydrogens is 258 g/mol. The number of rotatable bonds is 7. The molecule has 1 rings (SSSR count). The Morgan fingerprint density at radius 3 is 2.40 bits per heavy atom. The molecule has 0 saturated carbocycles. The van der Waals surface area contributed by atoms with Gasteiger partial charge in [0.1, 0.15) is 0 Å². The lowest BCUT2D eigenvalue weighted by atomic mass is 10.1. The van der Waals surface area contributed by atoms with Crippen molar-refractivity contribution in [1.82, 2.24) is 14.5 Å². The molecule has 0 fully saturated rings. The zero-order valence-electron chi connectivity index (χ0n) is 12.6. The molecule has 0 aromatic carbocycles. The lowest BCUT2D eigenvalue weighted by Gasteiger charge is -2.20. The summed E-state index contributed by atoms with van der Waals surface area (Å²) in [6.07, 6.45) is -0.101. The van der Waals surface area contributed by atoms with E-state index in [-0.39, 0.29) is 12.1 Å². The van der Waals surface area contributed by atoms with Crippen molar-refractivity contribution < 1.29 is 9.90 Å². The highest BCUT2D eigenvalue weighted by Crippen LogP contribution is 2.10. The number of aliphatic carboxylic acids is 1. The van der Waals surface area contributed by atoms with Crippen LogP contribution in [-0.4, -0.2) is 45.2 Å². The number of carboxylic acid groups (broad SMARTS) is 1. The molecular formula is C14H23N3O3. The number of aromatic nitrogens is 2. The van der Waals surface area contributed by atoms with E-state index in [1.807, 2.05) is 0 Å². The summed E-state index contributed by atoms with van der Waals surface area (Å²) in [4.78, 5) is 29.0. The molecule has 0 aliphatic carbocycles. The number of likely N-dealkylation sites (N-methyl/N-ethyl adjacent to an activating group) is 1. The van der Waals surface area contributed by atoms with E-state index in [1.54, 1.807) is 18.4 Å². The fraction of sp³-hybridized carbons (Fsp3) is 0.643. The summed E-state index contributed by atoms with van der Waals surface area (Å²) in [5.74, 6) is -0.910. The second-order valence-electron chi connectivity index (χ2n) is 4.79. The maximum Gasteiger partial charge on any atom is 0.348 e. The first-order valence-electron chi connectivity index (χ1n) is 6.91. The average molecular weight is 281 g/mol. The Balaban J connectivity index is 3.07. The number of hydrogen-bond acceptors (Lipinski definition) is 4. The Labute approximate surface area is 119 Å². The Kier molecular flexibility index (Phi) is 5.88. The molecule has 0 unspecified atom stereocenters. The number of nitrogens with zero attached hydrogens (tertiary/aromatic N) is 3. The van der Waals surface area contributed by atoms with Gasteiger partial charge in [-0.1, -0.05) is 13.8 Å². The van der Waals surface area contributed by atoms with Gasteiger partial charge in [0.05, 0.1) is 6.42 Å². The van der Waals surface area contributed by atoms with Crippen LogP contribution in [0.1, 0.15) is 30.8 Å². The monoisotopic (exact) mass is 281 g/mol. The molecule has 0 spiro atoms. The smallest absolute Gasteiger partial charge is 0.348 e. The number of carboxylic acids is 1. The average Bonchev–Trinajstić information content (AvgIpc) is 2.38. The zero-order chi connectivity index (χ0) is 15.3. The molecule has 0 saturated heterocycles. The van der Waals surface area contributed by atoms with E-state index in [2.05, 4.69) is 23.7 Å². The first-order valence-corrected chi connectivity index (χ1v) is 6.91. The minimum atomic E-state index is -0.910. The molecule has 6 nitrogen and oxygen atoms in total. The predicted molar refractivity (Wildman–Crippen MR) is 77.1 cm³/mol. The van der Waals surface area contributed by atoms with Gasteiger partial charge in [-0.15, -0.1) is 0 Å². The lowest BCUT2D eigenvalue weighted by Crippen LogP contribution is -2.34. The van der Waals surface area contributed by atoms with Crippen LogP contribution in [0.15, 0.2) is 4.79 Å². The Morgan fingerprint density at radius 1 is 1.30 bits per heavy atom. The fourth-order valence-corrected chi connectivity index (χ4v) is 2.29. The van der Waals surface area contributed by atoms with Gasteiger partial charge in [-0.05, 0) is 26.9 Å². The van der Waals surface area contributed by atoms with E-state index >= 15 is 0 Å². The van der Waals surface area contributed by atoms with Crippen LogP contribution in [0, 0.1) is 13.8 Å². The highest BCUT2D eigenvalue weighted by molar-refractivity contribution is 5.70. The molecule has 0 aliphatic rings. The van der Waals surface area contributed by atoms with E-state index in [1.165, 1.54) is 0 Å². The molecule has 1 heterocycles. The zero-order valence-corrected chi connectivity index (χ0v) is 12.6. The molecule has 6 heteroatoms. The van der Waals surface area contributed by atoms with E-state index in [0.29, 0.717) is 23.5 Å². The third-order valence-electron chi connectivity index (χ3n) is 3.63.